The maximum Gasteiger partial charge on any atom is 0.222 e. The smallest absolute Gasteiger partial charge is 0.222 e. The van der Waals surface area contributed by atoms with E-state index in [4.69, 9.17) is 9.47 Å². The Kier molecular flexibility index (Phi) is 8.90. The molecule has 0 bridgehead atoms. The molecule has 0 aliphatic heterocycles. The summed E-state index contributed by atoms with van der Waals surface area (Å²) in [7, 11) is 0. The minimum atomic E-state index is 0.0489. The molecule has 2 fully saturated rings. The van der Waals surface area contributed by atoms with Gasteiger partial charge in [-0.05, 0) is 57.3 Å². The first-order valence-electron chi connectivity index (χ1n) is 10.1. The van der Waals surface area contributed by atoms with E-state index in [1.807, 2.05) is 13.8 Å². The monoisotopic (exact) mass is 353 g/mol. The molecule has 5 nitrogen and oxygen atoms in total. The van der Waals surface area contributed by atoms with Crippen LogP contribution in [0.25, 0.3) is 0 Å². The van der Waals surface area contributed by atoms with Gasteiger partial charge in [-0.2, -0.15) is 0 Å². The maximum absolute atomic E-state index is 11.9. The highest BCUT2D eigenvalue weighted by Crippen LogP contribution is 2.30. The lowest BCUT2D eigenvalue weighted by molar-refractivity contribution is -0.129. The van der Waals surface area contributed by atoms with Gasteiger partial charge in [-0.3, -0.25) is 9.59 Å². The van der Waals surface area contributed by atoms with Crippen LogP contribution < -0.4 is 5.32 Å². The minimum Gasteiger partial charge on any atom is -0.381 e. The molecule has 0 aromatic rings. The number of nitrogens with one attached hydrogen (secondary N) is 1. The van der Waals surface area contributed by atoms with Crippen LogP contribution in [-0.2, 0) is 19.1 Å². The number of Topliss-reactive ketones (excluding diaryl/α,β-unsaturated/α-hetero) is 1. The van der Waals surface area contributed by atoms with E-state index in [1.54, 1.807) is 0 Å². The van der Waals surface area contributed by atoms with Gasteiger partial charge in [0.1, 0.15) is 5.78 Å². The van der Waals surface area contributed by atoms with Gasteiger partial charge in [0, 0.05) is 44.6 Å². The Morgan fingerprint density at radius 2 is 1.56 bits per heavy atom. The summed E-state index contributed by atoms with van der Waals surface area (Å²) in [4.78, 5) is 23.4. The standard InChI is InChI=1S/C20H35NO4/c1-3-19(22)17-11-18(12-17)21-20(23)9-10-25-14-16-7-5-15(6-8-16)13-24-4-2/h15-18H,3-14H2,1-2H3,(H,21,23)/t15-,16+,17-,18-. The van der Waals surface area contributed by atoms with Gasteiger partial charge in [0.05, 0.1) is 6.61 Å². The molecular weight excluding hydrogens is 318 g/mol. The van der Waals surface area contributed by atoms with Crippen molar-refractivity contribution in [1.29, 1.82) is 0 Å². The van der Waals surface area contributed by atoms with Gasteiger partial charge in [-0.1, -0.05) is 6.92 Å². The van der Waals surface area contributed by atoms with Crippen molar-refractivity contribution in [3.63, 3.8) is 0 Å². The van der Waals surface area contributed by atoms with E-state index >= 15 is 0 Å². The average molecular weight is 354 g/mol. The number of hydrogen-bond donors (Lipinski definition) is 1. The summed E-state index contributed by atoms with van der Waals surface area (Å²) in [6.07, 6.45) is 7.52. The van der Waals surface area contributed by atoms with Crippen molar-refractivity contribution in [2.45, 2.75) is 71.3 Å². The van der Waals surface area contributed by atoms with E-state index in [0.29, 0.717) is 37.1 Å². The zero-order chi connectivity index (χ0) is 18.1. The molecule has 5 heteroatoms. The first-order chi connectivity index (χ1) is 12.1. The van der Waals surface area contributed by atoms with Crippen LogP contribution >= 0.6 is 0 Å². The highest BCUT2D eigenvalue weighted by molar-refractivity contribution is 5.82. The van der Waals surface area contributed by atoms with Gasteiger partial charge in [0.25, 0.3) is 0 Å². The lowest BCUT2D eigenvalue weighted by Gasteiger charge is -2.34. The molecule has 144 valence electrons. The topological polar surface area (TPSA) is 64.6 Å². The number of ketones is 1. The highest BCUT2D eigenvalue weighted by atomic mass is 16.5. The van der Waals surface area contributed by atoms with Crippen molar-refractivity contribution in [3.05, 3.63) is 0 Å². The Balaban J connectivity index is 1.46. The van der Waals surface area contributed by atoms with Crippen LogP contribution in [0.2, 0.25) is 0 Å². The van der Waals surface area contributed by atoms with E-state index in [-0.39, 0.29) is 17.9 Å². The molecule has 1 amide bonds. The molecule has 0 aromatic carbocycles. The van der Waals surface area contributed by atoms with Crippen molar-refractivity contribution >= 4 is 11.7 Å². The molecule has 2 aliphatic carbocycles. The van der Waals surface area contributed by atoms with Crippen LogP contribution in [0.3, 0.4) is 0 Å². The third-order valence-electron chi connectivity index (χ3n) is 5.66. The molecule has 25 heavy (non-hydrogen) atoms. The van der Waals surface area contributed by atoms with E-state index in [2.05, 4.69) is 5.32 Å². The van der Waals surface area contributed by atoms with Crippen molar-refractivity contribution in [3.8, 4) is 0 Å². The summed E-state index contributed by atoms with van der Waals surface area (Å²) in [5.74, 6) is 1.89. The van der Waals surface area contributed by atoms with Crippen LogP contribution in [-0.4, -0.2) is 44.2 Å². The Labute approximate surface area is 152 Å². The van der Waals surface area contributed by atoms with Crippen LogP contribution in [0, 0.1) is 17.8 Å². The van der Waals surface area contributed by atoms with Gasteiger partial charge < -0.3 is 14.8 Å². The zero-order valence-electron chi connectivity index (χ0n) is 15.9. The molecule has 2 rings (SSSR count). The van der Waals surface area contributed by atoms with E-state index in [1.165, 1.54) is 25.7 Å². The van der Waals surface area contributed by atoms with E-state index < -0.39 is 0 Å². The Morgan fingerprint density at radius 1 is 0.960 bits per heavy atom. The SMILES string of the molecule is CCOC[C@H]1CC[C@@H](COCCC(=O)N[C@H]2C[C@H](C(=O)CC)C2)CC1. The summed E-state index contributed by atoms with van der Waals surface area (Å²) < 4.78 is 11.2. The van der Waals surface area contributed by atoms with Crippen LogP contribution in [0.4, 0.5) is 0 Å². The van der Waals surface area contributed by atoms with E-state index in [0.717, 1.165) is 32.7 Å². The second-order valence-corrected chi connectivity index (χ2v) is 7.62. The molecule has 0 unspecified atom stereocenters. The Morgan fingerprint density at radius 3 is 2.12 bits per heavy atom. The van der Waals surface area contributed by atoms with Gasteiger partial charge in [0.2, 0.25) is 5.91 Å². The molecule has 0 spiro atoms. The first kappa shape index (κ1) is 20.4. The predicted molar refractivity (Wildman–Crippen MR) is 97.3 cm³/mol. The lowest BCUT2D eigenvalue weighted by atomic mass is 9.77. The van der Waals surface area contributed by atoms with Gasteiger partial charge >= 0.3 is 0 Å². The van der Waals surface area contributed by atoms with Crippen molar-refractivity contribution in [2.75, 3.05) is 26.4 Å². The molecular formula is C20H35NO4. The normalized spacial score (nSPS) is 29.0. The highest BCUT2D eigenvalue weighted by Gasteiger charge is 2.34. The summed E-state index contributed by atoms with van der Waals surface area (Å²) in [5, 5.41) is 3.00. The average Bonchev–Trinajstić information content (AvgIpc) is 2.60. The van der Waals surface area contributed by atoms with Crippen LogP contribution in [0.15, 0.2) is 0 Å². The zero-order valence-corrected chi connectivity index (χ0v) is 15.9. The summed E-state index contributed by atoms with van der Waals surface area (Å²) >= 11 is 0. The first-order valence-corrected chi connectivity index (χ1v) is 10.1. The number of carbonyl (C=O) groups excluding carboxylic acids is 2. The molecule has 2 aliphatic rings. The van der Waals surface area contributed by atoms with Crippen molar-refractivity contribution < 1.29 is 19.1 Å². The Bertz CT molecular complexity index is 412. The second kappa shape index (κ2) is 10.9. The second-order valence-electron chi connectivity index (χ2n) is 7.62. The quantitative estimate of drug-likeness (QED) is 0.580. The molecule has 1 N–H and O–H groups in total. The molecule has 0 heterocycles. The fourth-order valence-corrected chi connectivity index (χ4v) is 3.85. The largest absolute Gasteiger partial charge is 0.381 e. The maximum atomic E-state index is 11.9. The lowest BCUT2D eigenvalue weighted by Crippen LogP contribution is -2.46. The minimum absolute atomic E-state index is 0.0489. The number of carbonyl (C=O) groups is 2. The van der Waals surface area contributed by atoms with Crippen molar-refractivity contribution in [2.24, 2.45) is 17.8 Å². The predicted octanol–water partition coefficient (Wildman–Crippen LogP) is 3.11. The van der Waals surface area contributed by atoms with Crippen LogP contribution in [0.1, 0.15) is 65.2 Å². The third-order valence-corrected chi connectivity index (χ3v) is 5.66. The van der Waals surface area contributed by atoms with Gasteiger partial charge in [-0.15, -0.1) is 0 Å². The number of ether oxygens (including phenoxy) is 2. The van der Waals surface area contributed by atoms with Gasteiger partial charge in [-0.25, -0.2) is 0 Å². The fourth-order valence-electron chi connectivity index (χ4n) is 3.85. The van der Waals surface area contributed by atoms with E-state index in [9.17, 15) is 9.59 Å². The third kappa shape index (κ3) is 7.06. The molecule has 0 radical (unpaired) electrons. The molecule has 0 saturated heterocycles. The summed E-state index contributed by atoms with van der Waals surface area (Å²) in [5.41, 5.74) is 0. The van der Waals surface area contributed by atoms with Crippen LogP contribution in [0.5, 0.6) is 0 Å². The number of hydrogen-bond acceptors (Lipinski definition) is 4. The molecule has 0 aromatic heterocycles. The van der Waals surface area contributed by atoms with Gasteiger partial charge in [0.15, 0.2) is 0 Å². The summed E-state index contributed by atoms with van der Waals surface area (Å²) in [6, 6.07) is 0.189. The number of amides is 1. The molecule has 2 saturated carbocycles. The summed E-state index contributed by atoms with van der Waals surface area (Å²) in [6.45, 7) is 6.91. The molecule has 0 atom stereocenters. The number of rotatable bonds is 11. The fraction of sp³-hybridized carbons (Fsp3) is 0.900. The Hall–Kier alpha value is -0.940. The van der Waals surface area contributed by atoms with Crippen molar-refractivity contribution in [1.82, 2.24) is 5.32 Å².